The number of amides is 2. The number of carbonyl (C=O) groups is 4. The zero-order chi connectivity index (χ0) is 50.8. The number of aliphatic carboxylic acids is 2. The highest BCUT2D eigenvalue weighted by atomic mass is 16.5. The van der Waals surface area contributed by atoms with E-state index in [2.05, 4.69) is 63.2 Å². The predicted molar refractivity (Wildman–Crippen MR) is 284 cm³/mol. The minimum Gasteiger partial charge on any atom is -0.493 e. The van der Waals surface area contributed by atoms with Crippen LogP contribution in [0.5, 0.6) is 11.5 Å². The van der Waals surface area contributed by atoms with Crippen molar-refractivity contribution in [1.82, 2.24) is 9.80 Å². The summed E-state index contributed by atoms with van der Waals surface area (Å²) in [7, 11) is 0. The monoisotopic (exact) mass is 971 g/mol. The second-order valence-electron chi connectivity index (χ2n) is 19.1. The number of carboxylic acids is 2. The van der Waals surface area contributed by atoms with Crippen LogP contribution in [0.25, 0.3) is 22.3 Å². The molecule has 0 bridgehead atoms. The Morgan fingerprint density at radius 1 is 0.486 bits per heavy atom. The number of rotatable bonds is 25. The summed E-state index contributed by atoms with van der Waals surface area (Å²) in [6.45, 7) is 8.50. The van der Waals surface area contributed by atoms with Crippen molar-refractivity contribution in [1.29, 1.82) is 0 Å². The lowest BCUT2D eigenvalue weighted by Gasteiger charge is -2.24. The van der Waals surface area contributed by atoms with Crippen LogP contribution in [0.15, 0.2) is 140 Å². The second-order valence-corrected chi connectivity index (χ2v) is 19.1. The topological polar surface area (TPSA) is 134 Å². The Labute approximate surface area is 425 Å². The number of para-hydroxylation sites is 2. The third-order valence-corrected chi connectivity index (χ3v) is 13.6. The van der Waals surface area contributed by atoms with Crippen molar-refractivity contribution in [3.63, 3.8) is 0 Å². The van der Waals surface area contributed by atoms with E-state index >= 15 is 0 Å². The lowest BCUT2D eigenvalue weighted by molar-refractivity contribution is -0.138. The third-order valence-electron chi connectivity index (χ3n) is 13.6. The van der Waals surface area contributed by atoms with Gasteiger partial charge in [-0.15, -0.1) is 0 Å². The quantitative estimate of drug-likeness (QED) is 0.0542. The molecule has 0 atom stereocenters. The summed E-state index contributed by atoms with van der Waals surface area (Å²) in [5.74, 6) is 0.169. The predicted octanol–water partition coefficient (Wildman–Crippen LogP) is 13.5. The Morgan fingerprint density at radius 2 is 0.903 bits per heavy atom. The van der Waals surface area contributed by atoms with E-state index in [1.807, 2.05) is 107 Å². The molecule has 0 spiro atoms. The summed E-state index contributed by atoms with van der Waals surface area (Å²) in [5.41, 5.74) is 11.9. The third kappa shape index (κ3) is 15.2. The number of carboxylic acid groups (broad SMARTS) is 2. The van der Waals surface area contributed by atoms with Gasteiger partial charge in [0.25, 0.3) is 11.8 Å². The van der Waals surface area contributed by atoms with Crippen molar-refractivity contribution in [3.8, 4) is 33.8 Å². The maximum Gasteiger partial charge on any atom is 0.303 e. The van der Waals surface area contributed by atoms with Crippen molar-refractivity contribution in [2.75, 3.05) is 13.2 Å². The van der Waals surface area contributed by atoms with Gasteiger partial charge in [0.1, 0.15) is 11.5 Å². The SMILES string of the molecule is CCc1ccccc1-c1ccc(C(=O)N(Cc2ccccc2OCCCCCC(=O)O)C2CC2)cc1.Cc1cccc(-c2ccc(C(=O)N(Cc3ccccc3OCCCCCC(=O)O)C3CC3)cc2)c1C. The molecule has 2 N–H and O–H groups in total. The Morgan fingerprint density at radius 3 is 1.35 bits per heavy atom. The van der Waals surface area contributed by atoms with E-state index in [1.54, 1.807) is 0 Å². The molecule has 2 aliphatic rings. The zero-order valence-corrected chi connectivity index (χ0v) is 42.2. The largest absolute Gasteiger partial charge is 0.493 e. The van der Waals surface area contributed by atoms with Crippen LogP contribution >= 0.6 is 0 Å². The molecule has 6 aromatic carbocycles. The Balaban J connectivity index is 0.000000211. The van der Waals surface area contributed by atoms with Crippen LogP contribution in [0.1, 0.15) is 133 Å². The molecule has 0 unspecified atom stereocenters. The number of benzene rings is 6. The molecule has 10 heteroatoms. The van der Waals surface area contributed by atoms with Gasteiger partial charge in [0, 0.05) is 60.3 Å². The van der Waals surface area contributed by atoms with E-state index in [0.29, 0.717) is 50.3 Å². The maximum atomic E-state index is 13.5. The fraction of sp³-hybridized carbons (Fsp3) is 0.355. The average Bonchev–Trinajstić information content (AvgIpc) is 4.35. The van der Waals surface area contributed by atoms with E-state index in [9.17, 15) is 19.2 Å². The van der Waals surface area contributed by atoms with Gasteiger partial charge < -0.3 is 29.5 Å². The number of hydrogen-bond acceptors (Lipinski definition) is 6. The van der Waals surface area contributed by atoms with Crippen molar-refractivity contribution in [2.45, 2.75) is 129 Å². The summed E-state index contributed by atoms with van der Waals surface area (Å²) in [6.07, 6.45) is 10.0. The molecule has 8 rings (SSSR count). The lowest BCUT2D eigenvalue weighted by Crippen LogP contribution is -2.32. The summed E-state index contributed by atoms with van der Waals surface area (Å²) in [4.78, 5) is 52.3. The molecule has 2 saturated carbocycles. The summed E-state index contributed by atoms with van der Waals surface area (Å²) >= 11 is 0. The molecule has 6 aromatic rings. The average molecular weight is 971 g/mol. The van der Waals surface area contributed by atoms with Crippen LogP contribution in [0.3, 0.4) is 0 Å². The van der Waals surface area contributed by atoms with Gasteiger partial charge in [-0.2, -0.15) is 0 Å². The molecule has 2 amide bonds. The van der Waals surface area contributed by atoms with Gasteiger partial charge in [-0.05, 0) is 160 Å². The first-order chi connectivity index (χ1) is 35.0. The molecule has 2 aliphatic carbocycles. The molecule has 0 heterocycles. The summed E-state index contributed by atoms with van der Waals surface area (Å²) in [5, 5.41) is 17.5. The fourth-order valence-corrected chi connectivity index (χ4v) is 8.99. The standard InChI is InChI=1S/2C31H35NO4/c1-22-9-8-11-28(23(22)2)24-14-16-25(17-15-24)31(35)32(27-18-19-27)21-26-10-5-6-12-29(26)36-20-7-3-4-13-30(33)34;1-2-23-10-5-7-12-28(23)24-15-17-25(18-16-24)31(35)32(27-19-20-27)22-26-11-6-8-13-29(26)36-21-9-3-4-14-30(33)34/h5-6,8-12,14-17,27H,3-4,7,13,18-21H2,1-2H3,(H,33,34);5-8,10-13,15-18,27H,2-4,9,14,19-22H2,1H3,(H,33,34). The molecular weight excluding hydrogens is 901 g/mol. The van der Waals surface area contributed by atoms with Crippen molar-refractivity contribution in [3.05, 3.63) is 178 Å². The normalized spacial score (nSPS) is 12.8. The van der Waals surface area contributed by atoms with Gasteiger partial charge in [0.2, 0.25) is 0 Å². The Hall–Kier alpha value is -7.20. The minimum absolute atomic E-state index is 0.0495. The van der Waals surface area contributed by atoms with Gasteiger partial charge in [0.15, 0.2) is 0 Å². The van der Waals surface area contributed by atoms with E-state index < -0.39 is 11.9 Å². The van der Waals surface area contributed by atoms with Gasteiger partial charge >= 0.3 is 11.9 Å². The highest BCUT2D eigenvalue weighted by Crippen LogP contribution is 2.35. The van der Waals surface area contributed by atoms with E-state index in [-0.39, 0.29) is 36.7 Å². The highest BCUT2D eigenvalue weighted by Gasteiger charge is 2.35. The first-order valence-electron chi connectivity index (χ1n) is 25.8. The van der Waals surface area contributed by atoms with Gasteiger partial charge in [-0.3, -0.25) is 19.2 Å². The Kier molecular flexibility index (Phi) is 19.2. The zero-order valence-electron chi connectivity index (χ0n) is 42.2. The van der Waals surface area contributed by atoms with Gasteiger partial charge in [0.05, 0.1) is 13.2 Å². The first-order valence-corrected chi connectivity index (χ1v) is 25.8. The number of aryl methyl sites for hydroxylation is 2. The smallest absolute Gasteiger partial charge is 0.303 e. The molecule has 376 valence electrons. The van der Waals surface area contributed by atoms with Crippen LogP contribution in [-0.4, -0.2) is 69.1 Å². The van der Waals surface area contributed by atoms with Crippen molar-refractivity contribution < 1.29 is 38.9 Å². The highest BCUT2D eigenvalue weighted by molar-refractivity contribution is 5.96. The second kappa shape index (κ2) is 26.3. The van der Waals surface area contributed by atoms with Gasteiger partial charge in [-0.25, -0.2) is 0 Å². The van der Waals surface area contributed by atoms with Gasteiger partial charge in [-0.1, -0.05) is 110 Å². The number of nitrogens with zero attached hydrogens (tertiary/aromatic N) is 2. The molecule has 10 nitrogen and oxygen atoms in total. The molecule has 2 fully saturated rings. The maximum absolute atomic E-state index is 13.5. The molecule has 0 radical (unpaired) electrons. The van der Waals surface area contributed by atoms with Crippen LogP contribution in [-0.2, 0) is 29.1 Å². The number of ether oxygens (including phenoxy) is 2. The first kappa shape index (κ1) is 52.6. The van der Waals surface area contributed by atoms with Crippen LogP contribution in [0, 0.1) is 13.8 Å². The summed E-state index contributed by atoms with van der Waals surface area (Å²) in [6, 6.07) is 47.0. The summed E-state index contributed by atoms with van der Waals surface area (Å²) < 4.78 is 12.1. The van der Waals surface area contributed by atoms with Crippen molar-refractivity contribution >= 4 is 23.8 Å². The van der Waals surface area contributed by atoms with Crippen LogP contribution in [0.4, 0.5) is 0 Å². The van der Waals surface area contributed by atoms with Crippen LogP contribution in [0.2, 0.25) is 0 Å². The van der Waals surface area contributed by atoms with Crippen LogP contribution < -0.4 is 9.47 Å². The van der Waals surface area contributed by atoms with E-state index in [4.69, 9.17) is 19.7 Å². The number of unbranched alkanes of at least 4 members (excludes halogenated alkanes) is 4. The molecule has 72 heavy (non-hydrogen) atoms. The lowest BCUT2D eigenvalue weighted by atomic mass is 9.96. The van der Waals surface area contributed by atoms with E-state index in [0.717, 1.165) is 91.5 Å². The molecule has 0 aliphatic heterocycles. The Bertz CT molecular complexity index is 2740. The number of carbonyl (C=O) groups excluding carboxylic acids is 2. The molecule has 0 aromatic heterocycles. The number of hydrogen-bond donors (Lipinski definition) is 2. The molecule has 0 saturated heterocycles. The van der Waals surface area contributed by atoms with Crippen molar-refractivity contribution in [2.24, 2.45) is 0 Å². The van der Waals surface area contributed by atoms with E-state index in [1.165, 1.54) is 27.8 Å². The fourth-order valence-electron chi connectivity index (χ4n) is 8.99. The molecular formula is C62H70N2O8. The minimum atomic E-state index is -0.758.